The zero-order valence-electron chi connectivity index (χ0n) is 20.5. The molecule has 2 N–H and O–H groups in total. The lowest BCUT2D eigenvalue weighted by Crippen LogP contribution is -2.35. The molecule has 0 bridgehead atoms. The van der Waals surface area contributed by atoms with Crippen LogP contribution < -0.4 is 10.6 Å². The normalized spacial score (nSPS) is 17.8. The van der Waals surface area contributed by atoms with Crippen LogP contribution in [-0.4, -0.2) is 42.8 Å². The molecule has 1 aliphatic rings. The fourth-order valence-electron chi connectivity index (χ4n) is 4.73. The first-order valence-electron chi connectivity index (χ1n) is 12.2. The number of carbonyl (C=O) groups excluding carboxylic acids is 1. The molecule has 10 heteroatoms. The van der Waals surface area contributed by atoms with Crippen molar-refractivity contribution in [2.75, 3.05) is 5.32 Å². The SMILES string of the molecule is CC(=O)N[C@H]1CC[C@@H](c2nnc(-c3cnc(-c4ccc5cc(C#N)cnn45)cc3NC(C)C)s2)CC1. The Kier molecular flexibility index (Phi) is 6.65. The highest BCUT2D eigenvalue weighted by Gasteiger charge is 2.26. The zero-order chi connectivity index (χ0) is 25.2. The van der Waals surface area contributed by atoms with E-state index in [2.05, 4.69) is 45.8 Å². The molecule has 9 nitrogen and oxygen atoms in total. The van der Waals surface area contributed by atoms with Crippen LogP contribution in [0, 0.1) is 11.3 Å². The minimum absolute atomic E-state index is 0.0358. The Morgan fingerprint density at radius 3 is 2.69 bits per heavy atom. The lowest BCUT2D eigenvalue weighted by atomic mass is 9.86. The number of fused-ring (bicyclic) bond motifs is 1. The maximum absolute atomic E-state index is 11.4. The summed E-state index contributed by atoms with van der Waals surface area (Å²) in [5.74, 6) is 0.403. The summed E-state index contributed by atoms with van der Waals surface area (Å²) in [7, 11) is 0. The van der Waals surface area contributed by atoms with E-state index in [0.717, 1.165) is 63.9 Å². The van der Waals surface area contributed by atoms with E-state index in [1.165, 1.54) is 0 Å². The van der Waals surface area contributed by atoms with Crippen molar-refractivity contribution in [3.05, 3.63) is 47.2 Å². The molecule has 4 aromatic rings. The molecular weight excluding hydrogens is 472 g/mol. The van der Waals surface area contributed by atoms with Crippen molar-refractivity contribution in [1.82, 2.24) is 30.1 Å². The van der Waals surface area contributed by atoms with E-state index in [-0.39, 0.29) is 18.0 Å². The molecule has 1 aliphatic carbocycles. The number of aromatic nitrogens is 5. The number of pyridine rings is 1. The van der Waals surface area contributed by atoms with Gasteiger partial charge in [-0.3, -0.25) is 9.78 Å². The Morgan fingerprint density at radius 2 is 1.97 bits per heavy atom. The predicted octanol–water partition coefficient (Wildman–Crippen LogP) is 4.77. The molecule has 4 heterocycles. The number of anilines is 1. The number of amides is 1. The molecule has 0 aliphatic heterocycles. The molecule has 1 fully saturated rings. The van der Waals surface area contributed by atoms with Crippen LogP contribution >= 0.6 is 11.3 Å². The van der Waals surface area contributed by atoms with Gasteiger partial charge in [0.25, 0.3) is 0 Å². The first kappa shape index (κ1) is 23.9. The fraction of sp³-hybridized carbons (Fsp3) is 0.385. The molecule has 0 atom stereocenters. The number of nitrogens with zero attached hydrogens (tertiary/aromatic N) is 6. The first-order chi connectivity index (χ1) is 17.4. The van der Waals surface area contributed by atoms with E-state index in [0.29, 0.717) is 11.5 Å². The molecule has 0 unspecified atom stereocenters. The van der Waals surface area contributed by atoms with E-state index >= 15 is 0 Å². The van der Waals surface area contributed by atoms with Crippen molar-refractivity contribution < 1.29 is 4.79 Å². The van der Waals surface area contributed by atoms with Crippen molar-refractivity contribution in [3.8, 4) is 28.0 Å². The van der Waals surface area contributed by atoms with Crippen LogP contribution in [0.2, 0.25) is 0 Å². The van der Waals surface area contributed by atoms with Crippen molar-refractivity contribution in [1.29, 1.82) is 5.26 Å². The maximum Gasteiger partial charge on any atom is 0.217 e. The van der Waals surface area contributed by atoms with Gasteiger partial charge in [-0.25, -0.2) is 4.52 Å². The van der Waals surface area contributed by atoms with Crippen LogP contribution in [0.4, 0.5) is 5.69 Å². The molecule has 0 radical (unpaired) electrons. The largest absolute Gasteiger partial charge is 0.382 e. The van der Waals surface area contributed by atoms with E-state index in [1.807, 2.05) is 30.5 Å². The number of carbonyl (C=O) groups is 1. The summed E-state index contributed by atoms with van der Waals surface area (Å²) in [6.07, 6.45) is 7.33. The maximum atomic E-state index is 11.4. The van der Waals surface area contributed by atoms with Gasteiger partial charge < -0.3 is 10.6 Å². The second-order valence-corrected chi connectivity index (χ2v) is 10.5. The van der Waals surface area contributed by atoms with Crippen LogP contribution in [0.1, 0.15) is 62.9 Å². The molecule has 36 heavy (non-hydrogen) atoms. The van der Waals surface area contributed by atoms with Gasteiger partial charge in [0.05, 0.1) is 34.2 Å². The topological polar surface area (TPSA) is 121 Å². The minimum Gasteiger partial charge on any atom is -0.382 e. The van der Waals surface area contributed by atoms with E-state index in [9.17, 15) is 4.79 Å². The monoisotopic (exact) mass is 500 g/mol. The van der Waals surface area contributed by atoms with Gasteiger partial charge in [0.1, 0.15) is 11.1 Å². The summed E-state index contributed by atoms with van der Waals surface area (Å²) < 4.78 is 1.79. The molecule has 0 saturated heterocycles. The Morgan fingerprint density at radius 1 is 1.17 bits per heavy atom. The molecule has 1 amide bonds. The average molecular weight is 501 g/mol. The Hall–Kier alpha value is -3.84. The quantitative estimate of drug-likeness (QED) is 0.391. The lowest BCUT2D eigenvalue weighted by Gasteiger charge is -2.27. The molecule has 5 rings (SSSR count). The minimum atomic E-state index is 0.0358. The van der Waals surface area contributed by atoms with E-state index < -0.39 is 0 Å². The van der Waals surface area contributed by atoms with Crippen LogP contribution in [0.3, 0.4) is 0 Å². The number of rotatable bonds is 6. The number of nitriles is 1. The Balaban J connectivity index is 1.42. The zero-order valence-corrected chi connectivity index (χ0v) is 21.3. The van der Waals surface area contributed by atoms with Gasteiger partial charge in [-0.15, -0.1) is 10.2 Å². The number of hydrogen-bond donors (Lipinski definition) is 2. The van der Waals surface area contributed by atoms with Gasteiger partial charge in [-0.1, -0.05) is 11.3 Å². The Bertz CT molecular complexity index is 1440. The summed E-state index contributed by atoms with van der Waals surface area (Å²) in [5, 5.41) is 31.1. The van der Waals surface area contributed by atoms with Crippen molar-refractivity contribution >= 4 is 28.4 Å². The average Bonchev–Trinajstić information content (AvgIpc) is 3.51. The molecule has 0 spiro atoms. The van der Waals surface area contributed by atoms with Crippen LogP contribution in [-0.2, 0) is 4.79 Å². The summed E-state index contributed by atoms with van der Waals surface area (Å²) in [5.41, 5.74) is 4.85. The van der Waals surface area contributed by atoms with Crippen LogP contribution in [0.15, 0.2) is 36.7 Å². The third-order valence-corrected chi connectivity index (χ3v) is 7.51. The van der Waals surface area contributed by atoms with Crippen molar-refractivity contribution in [2.24, 2.45) is 0 Å². The summed E-state index contributed by atoms with van der Waals surface area (Å²) in [6.45, 7) is 5.77. The lowest BCUT2D eigenvalue weighted by molar-refractivity contribution is -0.119. The standard InChI is InChI=1S/C26H28N8OS/c1-15(2)30-22-11-23(24-9-8-20-10-17(12-27)13-29-34(20)24)28-14-21(22)26-33-32-25(36-26)18-4-6-19(7-5-18)31-16(3)35/h8-11,13-15,18-19H,4-7H2,1-3H3,(H,28,30)(H,31,35)/t18-,19+. The molecule has 4 aromatic heterocycles. The summed E-state index contributed by atoms with van der Waals surface area (Å²) >= 11 is 1.62. The summed E-state index contributed by atoms with van der Waals surface area (Å²) in [4.78, 5) is 16.1. The third-order valence-electron chi connectivity index (χ3n) is 6.39. The van der Waals surface area contributed by atoms with Gasteiger partial charge in [-0.2, -0.15) is 10.4 Å². The molecule has 0 aromatic carbocycles. The van der Waals surface area contributed by atoms with Crippen molar-refractivity contribution in [2.45, 2.75) is 64.5 Å². The first-order valence-corrected chi connectivity index (χ1v) is 13.0. The smallest absolute Gasteiger partial charge is 0.217 e. The predicted molar refractivity (Wildman–Crippen MR) is 140 cm³/mol. The number of nitrogens with one attached hydrogen (secondary N) is 2. The van der Waals surface area contributed by atoms with Gasteiger partial charge in [0, 0.05) is 36.8 Å². The number of hydrogen-bond acceptors (Lipinski definition) is 8. The van der Waals surface area contributed by atoms with Crippen molar-refractivity contribution in [3.63, 3.8) is 0 Å². The Labute approximate surface area is 213 Å². The van der Waals surface area contributed by atoms with E-state index in [4.69, 9.17) is 10.2 Å². The van der Waals surface area contributed by atoms with Gasteiger partial charge in [0.15, 0.2) is 5.01 Å². The second kappa shape index (κ2) is 10.0. The third kappa shape index (κ3) is 4.93. The highest BCUT2D eigenvalue weighted by Crippen LogP contribution is 2.39. The second-order valence-electron chi connectivity index (χ2n) is 9.52. The fourth-order valence-corrected chi connectivity index (χ4v) is 5.77. The molecule has 1 saturated carbocycles. The van der Waals surface area contributed by atoms with Gasteiger partial charge in [-0.05, 0) is 63.8 Å². The molecular formula is C26H28N8OS. The van der Waals surface area contributed by atoms with Crippen LogP contribution in [0.25, 0.3) is 27.5 Å². The highest BCUT2D eigenvalue weighted by atomic mass is 32.1. The molecule has 184 valence electrons. The van der Waals surface area contributed by atoms with Gasteiger partial charge in [0.2, 0.25) is 5.91 Å². The summed E-state index contributed by atoms with van der Waals surface area (Å²) in [6, 6.07) is 10.3. The van der Waals surface area contributed by atoms with Crippen LogP contribution in [0.5, 0.6) is 0 Å². The van der Waals surface area contributed by atoms with E-state index in [1.54, 1.807) is 29.0 Å². The van der Waals surface area contributed by atoms with Gasteiger partial charge >= 0.3 is 0 Å². The highest BCUT2D eigenvalue weighted by molar-refractivity contribution is 7.14.